The fourth-order valence-electron chi connectivity index (χ4n) is 11.2. The first-order valence-electron chi connectivity index (χ1n) is 38.4. The molecule has 90 heavy (non-hydrogen) atoms. The summed E-state index contributed by atoms with van der Waals surface area (Å²) in [4.78, 5) is 38.0. The van der Waals surface area contributed by atoms with Gasteiger partial charge in [-0.2, -0.15) is 0 Å². The lowest BCUT2D eigenvalue weighted by Gasteiger charge is -2.27. The molecule has 0 aliphatic heterocycles. The molecule has 0 heterocycles. The van der Waals surface area contributed by atoms with Crippen molar-refractivity contribution in [1.29, 1.82) is 0 Å². The van der Waals surface area contributed by atoms with Crippen LogP contribution in [0, 0.1) is 0 Å². The Morgan fingerprint density at radius 1 is 0.400 bits per heavy atom. The van der Waals surface area contributed by atoms with Crippen molar-refractivity contribution in [1.82, 2.24) is 5.32 Å². The van der Waals surface area contributed by atoms with E-state index in [1.807, 2.05) is 33.3 Å². The van der Waals surface area contributed by atoms with Crippen LogP contribution < -0.4 is 5.32 Å². The molecule has 0 aromatic heterocycles. The van der Waals surface area contributed by atoms with Crippen LogP contribution in [0.5, 0.6) is 0 Å². The molecule has 10 heteroatoms. The van der Waals surface area contributed by atoms with E-state index in [1.165, 1.54) is 238 Å². The fraction of sp³-hybridized carbons (Fsp3) is 0.800. The number of rotatable bonds is 70. The van der Waals surface area contributed by atoms with Crippen molar-refractivity contribution in [2.45, 2.75) is 373 Å². The SMILES string of the molecule is CC/C=C\C/C=C\C/C=C\C/C=C\C/C=C\CCCCCCCCCCCCCC(=O)NC(COP(=O)(O)OCC[N+](C)(C)C)C(/C=C/CCCCCCCCCCCC)OC(=O)CCCCCCCCCCCCCCCCC/C=C/CCCCCCCC. The van der Waals surface area contributed by atoms with E-state index in [0.717, 1.165) is 89.9 Å². The van der Waals surface area contributed by atoms with Crippen molar-refractivity contribution in [3.63, 3.8) is 0 Å². The van der Waals surface area contributed by atoms with E-state index >= 15 is 0 Å². The lowest BCUT2D eigenvalue weighted by molar-refractivity contribution is -0.870. The number of hydrogen-bond acceptors (Lipinski definition) is 6. The third-order valence-electron chi connectivity index (χ3n) is 17.1. The van der Waals surface area contributed by atoms with Crippen molar-refractivity contribution < 1.29 is 37.3 Å². The zero-order valence-corrected chi connectivity index (χ0v) is 61.0. The van der Waals surface area contributed by atoms with E-state index in [0.29, 0.717) is 23.9 Å². The Labute approximate surface area is 558 Å². The van der Waals surface area contributed by atoms with Crippen LogP contribution in [-0.4, -0.2) is 74.3 Å². The van der Waals surface area contributed by atoms with Gasteiger partial charge in [-0.3, -0.25) is 18.6 Å². The number of allylic oxidation sites excluding steroid dienone is 13. The summed E-state index contributed by atoms with van der Waals surface area (Å²) >= 11 is 0. The monoisotopic (exact) mass is 1280 g/mol. The summed E-state index contributed by atoms with van der Waals surface area (Å²) in [5.41, 5.74) is 0. The number of nitrogens with zero attached hydrogens (tertiary/aromatic N) is 1. The summed E-state index contributed by atoms with van der Waals surface area (Å²) < 4.78 is 30.9. The van der Waals surface area contributed by atoms with Crippen molar-refractivity contribution >= 4 is 19.7 Å². The Morgan fingerprint density at radius 2 is 0.711 bits per heavy atom. The fourth-order valence-corrected chi connectivity index (χ4v) is 11.9. The Kier molecular flexibility index (Phi) is 66.9. The number of phosphoric ester groups is 1. The minimum Gasteiger partial charge on any atom is -0.456 e. The lowest BCUT2D eigenvalue weighted by Crippen LogP contribution is -2.47. The molecule has 0 radical (unpaired) electrons. The van der Waals surface area contributed by atoms with E-state index in [4.69, 9.17) is 13.8 Å². The number of ether oxygens (including phenoxy) is 1. The highest BCUT2D eigenvalue weighted by Crippen LogP contribution is 2.43. The van der Waals surface area contributed by atoms with Gasteiger partial charge in [0.15, 0.2) is 0 Å². The third-order valence-corrected chi connectivity index (χ3v) is 18.1. The summed E-state index contributed by atoms with van der Waals surface area (Å²) in [6, 6.07) is -0.854. The molecule has 0 spiro atoms. The molecule has 0 aliphatic carbocycles. The van der Waals surface area contributed by atoms with Gasteiger partial charge in [0.1, 0.15) is 19.3 Å². The summed E-state index contributed by atoms with van der Waals surface area (Å²) in [5.74, 6) is -0.496. The van der Waals surface area contributed by atoms with Gasteiger partial charge in [0.2, 0.25) is 5.91 Å². The van der Waals surface area contributed by atoms with Gasteiger partial charge in [0.05, 0.1) is 33.8 Å². The minimum absolute atomic E-state index is 0.0384. The van der Waals surface area contributed by atoms with Crippen LogP contribution >= 0.6 is 7.82 Å². The molecule has 3 atom stereocenters. The quantitative estimate of drug-likeness (QED) is 0.0205. The van der Waals surface area contributed by atoms with Gasteiger partial charge >= 0.3 is 13.8 Å². The average molecular weight is 1280 g/mol. The van der Waals surface area contributed by atoms with Crippen molar-refractivity contribution in [3.05, 3.63) is 85.1 Å². The Hall–Kier alpha value is -2.81. The maximum absolute atomic E-state index is 13.7. The Morgan fingerprint density at radius 3 is 1.08 bits per heavy atom. The predicted molar refractivity (Wildman–Crippen MR) is 392 cm³/mol. The summed E-state index contributed by atoms with van der Waals surface area (Å²) in [7, 11) is 1.50. The number of likely N-dealkylation sites (N-methyl/N-ethyl adjacent to an activating group) is 1. The zero-order valence-electron chi connectivity index (χ0n) is 60.1. The maximum atomic E-state index is 13.7. The molecule has 0 bridgehead atoms. The van der Waals surface area contributed by atoms with E-state index in [9.17, 15) is 19.0 Å². The number of unbranched alkanes of at least 4 members (excludes halogenated alkanes) is 42. The van der Waals surface area contributed by atoms with Crippen LogP contribution in [0.4, 0.5) is 0 Å². The second kappa shape index (κ2) is 69.0. The van der Waals surface area contributed by atoms with Crippen LogP contribution in [0.2, 0.25) is 0 Å². The molecule has 0 saturated heterocycles. The second-order valence-electron chi connectivity index (χ2n) is 27.1. The number of amides is 1. The third kappa shape index (κ3) is 69.5. The number of quaternary nitrogens is 1. The highest BCUT2D eigenvalue weighted by Gasteiger charge is 2.30. The Bertz CT molecular complexity index is 1810. The van der Waals surface area contributed by atoms with Crippen LogP contribution in [0.3, 0.4) is 0 Å². The minimum atomic E-state index is -4.46. The molecule has 0 rings (SSSR count). The number of phosphoric acid groups is 1. The molecule has 1 amide bonds. The summed E-state index contributed by atoms with van der Waals surface area (Å²) in [6.07, 6.45) is 93.2. The molecule has 0 aliphatic rings. The summed E-state index contributed by atoms with van der Waals surface area (Å²) in [5, 5.41) is 3.08. The number of esters is 1. The molecular weight excluding hydrogens is 1130 g/mol. The van der Waals surface area contributed by atoms with Crippen LogP contribution in [0.15, 0.2) is 85.1 Å². The molecule has 0 saturated carbocycles. The van der Waals surface area contributed by atoms with Gasteiger partial charge in [0.25, 0.3) is 0 Å². The second-order valence-corrected chi connectivity index (χ2v) is 28.6. The first-order valence-corrected chi connectivity index (χ1v) is 39.9. The lowest BCUT2D eigenvalue weighted by atomic mass is 10.0. The van der Waals surface area contributed by atoms with Crippen LogP contribution in [0.25, 0.3) is 0 Å². The van der Waals surface area contributed by atoms with Gasteiger partial charge in [-0.25, -0.2) is 4.57 Å². The number of hydrogen-bond donors (Lipinski definition) is 2. The molecule has 0 fully saturated rings. The van der Waals surface area contributed by atoms with E-state index in [1.54, 1.807) is 0 Å². The molecule has 2 N–H and O–H groups in total. The topological polar surface area (TPSA) is 111 Å². The van der Waals surface area contributed by atoms with Gasteiger partial charge < -0.3 is 19.4 Å². The first-order chi connectivity index (χ1) is 43.9. The highest BCUT2D eigenvalue weighted by molar-refractivity contribution is 7.47. The average Bonchev–Trinajstić information content (AvgIpc) is 3.04. The van der Waals surface area contributed by atoms with Crippen molar-refractivity contribution in [2.24, 2.45) is 0 Å². The molecule has 3 unspecified atom stereocenters. The normalized spacial score (nSPS) is 13.9. The molecule has 9 nitrogen and oxygen atoms in total. The van der Waals surface area contributed by atoms with Crippen molar-refractivity contribution in [2.75, 3.05) is 40.9 Å². The van der Waals surface area contributed by atoms with Gasteiger partial charge in [-0.15, -0.1) is 0 Å². The van der Waals surface area contributed by atoms with E-state index in [2.05, 4.69) is 99.0 Å². The van der Waals surface area contributed by atoms with E-state index < -0.39 is 20.0 Å². The number of nitrogens with one attached hydrogen (secondary N) is 1. The smallest absolute Gasteiger partial charge is 0.456 e. The highest BCUT2D eigenvalue weighted by atomic mass is 31.2. The first kappa shape index (κ1) is 87.2. The van der Waals surface area contributed by atoms with Crippen LogP contribution in [0.1, 0.15) is 361 Å². The van der Waals surface area contributed by atoms with E-state index in [-0.39, 0.29) is 25.1 Å². The zero-order chi connectivity index (χ0) is 65.6. The van der Waals surface area contributed by atoms with Crippen LogP contribution in [-0.2, 0) is 27.9 Å². The number of carbonyl (C=O) groups excluding carboxylic acids is 2. The number of carbonyl (C=O) groups is 2. The largest absolute Gasteiger partial charge is 0.472 e. The van der Waals surface area contributed by atoms with Crippen molar-refractivity contribution in [3.8, 4) is 0 Å². The Balaban J connectivity index is 4.97. The maximum Gasteiger partial charge on any atom is 0.472 e. The summed E-state index contributed by atoms with van der Waals surface area (Å²) in [6.45, 7) is 6.94. The molecule has 0 aromatic rings. The van der Waals surface area contributed by atoms with Gasteiger partial charge in [-0.1, -0.05) is 331 Å². The molecule has 524 valence electrons. The molecular formula is C80H148N2O7P+. The van der Waals surface area contributed by atoms with Gasteiger partial charge in [-0.05, 0) is 102 Å². The molecule has 0 aromatic carbocycles. The predicted octanol–water partition coefficient (Wildman–Crippen LogP) is 24.9. The van der Waals surface area contributed by atoms with Gasteiger partial charge in [0, 0.05) is 12.8 Å². The standard InChI is InChI=1S/C80H147N2O7P/c1-7-10-13-16-19-22-25-28-30-32-34-36-38-40-41-43-44-46-48-50-52-54-57-60-63-66-69-72-79(83)81-77(76-88-90(85,86)87-75-74-82(4,5)6)78(71-68-65-62-59-56-27-24-21-18-15-12-9-3)89-80(84)73-70-67-64-61-58-55-53-51-49-47-45-42-39-37-35-33-31-29-26-23-20-17-14-11-8-2/h10,13,19,22,28-31,34,36,40-41,68,71,77-78H,7-9,11-12,14-18,20-21,23-27,32-33,35,37-39,42-67,69-70,72-76H2,1-6H3,(H-,81,83,85,86)/p+1/b13-10-,22-19-,30-28-,31-29+,36-34-,41-40-,71-68+.